The molecule has 272 valence electrons. The molecule has 0 amide bonds. The average molecular weight is 730 g/mol. The molecule has 0 radical (unpaired) electrons. The molecular weight excluding hydrogens is 687 g/mol. The summed E-state index contributed by atoms with van der Waals surface area (Å²) in [5, 5.41) is 13.1. The Hall–Kier alpha value is -6.70. The molecule has 0 bridgehead atoms. The molecule has 0 aliphatic heterocycles. The normalized spacial score (nSPS) is 14.2. The van der Waals surface area contributed by atoms with Crippen LogP contribution in [0.4, 0.5) is 17.1 Å². The lowest BCUT2D eigenvalue weighted by molar-refractivity contribution is 0.304. The Morgan fingerprint density at radius 2 is 0.860 bits per heavy atom. The van der Waals surface area contributed by atoms with E-state index in [0.717, 1.165) is 17.1 Å². The summed E-state index contributed by atoms with van der Waals surface area (Å²) in [6.45, 7) is 9.69. The van der Waals surface area contributed by atoms with Crippen LogP contribution in [0.1, 0.15) is 38.8 Å². The maximum Gasteiger partial charge on any atom is 0.0540 e. The first-order valence-electron chi connectivity index (χ1n) is 20.2. The van der Waals surface area contributed by atoms with Crippen molar-refractivity contribution in [2.24, 2.45) is 0 Å². The third kappa shape index (κ3) is 4.82. The molecule has 1 heteroatoms. The van der Waals surface area contributed by atoms with E-state index < -0.39 is 0 Å². The van der Waals surface area contributed by atoms with E-state index >= 15 is 0 Å². The van der Waals surface area contributed by atoms with Crippen molar-refractivity contribution in [3.63, 3.8) is 0 Å². The first-order chi connectivity index (χ1) is 27.8. The van der Waals surface area contributed by atoms with Crippen LogP contribution in [-0.2, 0) is 10.8 Å². The minimum absolute atomic E-state index is 0.0246. The van der Waals surface area contributed by atoms with E-state index in [1.54, 1.807) is 0 Å². The van der Waals surface area contributed by atoms with Crippen molar-refractivity contribution < 1.29 is 0 Å². The molecule has 10 aromatic rings. The Kier molecular flexibility index (Phi) is 7.32. The quantitative estimate of drug-likeness (QED) is 0.159. The summed E-state index contributed by atoms with van der Waals surface area (Å²) in [5.41, 5.74) is 11.0. The van der Waals surface area contributed by atoms with Gasteiger partial charge in [0.1, 0.15) is 0 Å². The van der Waals surface area contributed by atoms with E-state index in [2.05, 4.69) is 221 Å². The molecule has 0 saturated carbocycles. The molecule has 1 aliphatic carbocycles. The van der Waals surface area contributed by atoms with Gasteiger partial charge in [0, 0.05) is 16.8 Å². The second-order valence-electron chi connectivity index (χ2n) is 16.9. The number of para-hydroxylation sites is 3. The monoisotopic (exact) mass is 729 g/mol. The fraction of sp³-hybridized carbons (Fsp3) is 0.107. The summed E-state index contributed by atoms with van der Waals surface area (Å²) in [4.78, 5) is 2.47. The summed E-state index contributed by atoms with van der Waals surface area (Å²) < 4.78 is 0. The molecule has 57 heavy (non-hydrogen) atoms. The summed E-state index contributed by atoms with van der Waals surface area (Å²) in [5.74, 6) is 0. The molecule has 0 spiro atoms. The summed E-state index contributed by atoms with van der Waals surface area (Å²) >= 11 is 0. The molecule has 1 nitrogen and oxygen atoms in total. The highest BCUT2D eigenvalue weighted by Crippen LogP contribution is 2.55. The Balaban J connectivity index is 1.16. The second-order valence-corrected chi connectivity index (χ2v) is 16.9. The largest absolute Gasteiger partial charge is 0.309 e. The van der Waals surface area contributed by atoms with Crippen molar-refractivity contribution in [3.8, 4) is 22.3 Å². The van der Waals surface area contributed by atoms with Crippen LogP contribution in [0.15, 0.2) is 188 Å². The van der Waals surface area contributed by atoms with Crippen molar-refractivity contribution in [3.05, 3.63) is 199 Å². The Bertz CT molecular complexity index is 3200. The van der Waals surface area contributed by atoms with Crippen molar-refractivity contribution in [2.75, 3.05) is 4.90 Å². The topological polar surface area (TPSA) is 3.24 Å². The van der Waals surface area contributed by atoms with Gasteiger partial charge in [0.2, 0.25) is 0 Å². The molecule has 0 saturated heterocycles. The zero-order valence-electron chi connectivity index (χ0n) is 32.8. The summed E-state index contributed by atoms with van der Waals surface area (Å²) in [7, 11) is 0. The maximum atomic E-state index is 2.47. The van der Waals surface area contributed by atoms with Crippen LogP contribution in [0, 0.1) is 0 Å². The maximum absolute atomic E-state index is 2.47. The third-order valence-corrected chi connectivity index (χ3v) is 13.6. The molecule has 0 N–H and O–H groups in total. The van der Waals surface area contributed by atoms with E-state index in [-0.39, 0.29) is 10.8 Å². The fourth-order valence-corrected chi connectivity index (χ4v) is 10.0. The van der Waals surface area contributed by atoms with E-state index in [1.807, 2.05) is 0 Å². The van der Waals surface area contributed by atoms with Gasteiger partial charge in [-0.25, -0.2) is 0 Å². The summed E-state index contributed by atoms with van der Waals surface area (Å²) in [6.07, 6.45) is 0. The number of hydrogen-bond donors (Lipinski definition) is 0. The van der Waals surface area contributed by atoms with Crippen LogP contribution >= 0.6 is 0 Å². The number of fused-ring (bicyclic) bond motifs is 6. The lowest BCUT2D eigenvalue weighted by Crippen LogP contribution is -2.42. The van der Waals surface area contributed by atoms with Crippen LogP contribution in [0.3, 0.4) is 0 Å². The van der Waals surface area contributed by atoms with Crippen LogP contribution in [0.25, 0.3) is 76.1 Å². The van der Waals surface area contributed by atoms with E-state index in [4.69, 9.17) is 0 Å². The van der Waals surface area contributed by atoms with E-state index in [9.17, 15) is 0 Å². The Labute approximate surface area is 334 Å². The van der Waals surface area contributed by atoms with Crippen molar-refractivity contribution >= 4 is 70.9 Å². The molecule has 0 fully saturated rings. The summed E-state index contributed by atoms with van der Waals surface area (Å²) in [6, 6.07) is 69.9. The van der Waals surface area contributed by atoms with Gasteiger partial charge in [0.25, 0.3) is 0 Å². The van der Waals surface area contributed by atoms with Crippen molar-refractivity contribution in [1.82, 2.24) is 0 Å². The van der Waals surface area contributed by atoms with Gasteiger partial charge < -0.3 is 4.90 Å². The highest BCUT2D eigenvalue weighted by atomic mass is 15.1. The predicted octanol–water partition coefficient (Wildman–Crippen LogP) is 15.8. The van der Waals surface area contributed by atoms with Crippen LogP contribution in [0.5, 0.6) is 0 Å². The van der Waals surface area contributed by atoms with Gasteiger partial charge in [0.05, 0.1) is 11.4 Å². The Morgan fingerprint density at radius 1 is 0.333 bits per heavy atom. The number of rotatable bonds is 5. The van der Waals surface area contributed by atoms with Crippen LogP contribution in [-0.4, -0.2) is 0 Å². The van der Waals surface area contributed by atoms with Gasteiger partial charge in [0.15, 0.2) is 0 Å². The lowest BCUT2D eigenvalue weighted by Gasteiger charge is -2.47. The zero-order chi connectivity index (χ0) is 38.5. The van der Waals surface area contributed by atoms with Gasteiger partial charge in [-0.05, 0) is 117 Å². The van der Waals surface area contributed by atoms with Gasteiger partial charge in [-0.1, -0.05) is 185 Å². The number of anilines is 3. The molecular formula is C56H43N. The SMILES string of the molecule is CC1(C)c2cccc3ccc4c(-c5ccccc5N(c5ccccc5)c5ccccc5-c5ccc6c7ccccc7c7ccccc7c6c5)ccc(c4c23)C1(C)C. The third-order valence-electron chi connectivity index (χ3n) is 13.6. The smallest absolute Gasteiger partial charge is 0.0540 e. The van der Waals surface area contributed by atoms with E-state index in [0.29, 0.717) is 0 Å². The molecule has 0 unspecified atom stereocenters. The highest BCUT2D eigenvalue weighted by Gasteiger charge is 2.45. The van der Waals surface area contributed by atoms with Crippen molar-refractivity contribution in [1.29, 1.82) is 0 Å². The van der Waals surface area contributed by atoms with Crippen LogP contribution in [0.2, 0.25) is 0 Å². The van der Waals surface area contributed by atoms with Crippen molar-refractivity contribution in [2.45, 2.75) is 38.5 Å². The first kappa shape index (κ1) is 33.6. The van der Waals surface area contributed by atoms with Crippen LogP contribution < -0.4 is 4.90 Å². The molecule has 11 rings (SSSR count). The fourth-order valence-electron chi connectivity index (χ4n) is 10.0. The predicted molar refractivity (Wildman–Crippen MR) is 246 cm³/mol. The molecule has 0 heterocycles. The van der Waals surface area contributed by atoms with Gasteiger partial charge in [-0.15, -0.1) is 0 Å². The molecule has 0 atom stereocenters. The Morgan fingerprint density at radius 3 is 1.54 bits per heavy atom. The average Bonchev–Trinajstić information content (AvgIpc) is 3.26. The van der Waals surface area contributed by atoms with Gasteiger partial charge in [-0.3, -0.25) is 0 Å². The number of benzene rings is 10. The highest BCUT2D eigenvalue weighted by molar-refractivity contribution is 6.26. The number of nitrogens with zero attached hydrogens (tertiary/aromatic N) is 1. The molecule has 10 aromatic carbocycles. The zero-order valence-corrected chi connectivity index (χ0v) is 32.8. The molecule has 0 aromatic heterocycles. The standard InChI is InChI=1S/C56H43N/c1-55(2)49-26-16-17-36-29-32-47-45(33-34-50(56(55,3)4)54(47)53(36)49)46-25-13-15-28-52(46)57(38-18-6-5-7-19-38)51-27-14-12-20-39(51)37-30-31-44-42-23-9-8-21-40(42)41-22-10-11-24-43(41)48(44)35-37/h5-35H,1-4H3. The minimum atomic E-state index is -0.0571. The first-order valence-corrected chi connectivity index (χ1v) is 20.2. The number of hydrogen-bond acceptors (Lipinski definition) is 1. The minimum Gasteiger partial charge on any atom is -0.309 e. The second kappa shape index (κ2) is 12.4. The molecule has 1 aliphatic rings. The van der Waals surface area contributed by atoms with E-state index in [1.165, 1.54) is 87.2 Å². The van der Waals surface area contributed by atoms with Gasteiger partial charge >= 0.3 is 0 Å². The lowest BCUT2D eigenvalue weighted by atomic mass is 9.56. The van der Waals surface area contributed by atoms with Gasteiger partial charge in [-0.2, -0.15) is 0 Å².